The van der Waals surface area contributed by atoms with Crippen LogP contribution in [0.15, 0.2) is 30.7 Å². The van der Waals surface area contributed by atoms with Gasteiger partial charge in [0.05, 0.1) is 18.1 Å². The van der Waals surface area contributed by atoms with Gasteiger partial charge in [-0.2, -0.15) is 0 Å². The molecule has 2 aromatic heterocycles. The van der Waals surface area contributed by atoms with Crippen LogP contribution in [0.5, 0.6) is 0 Å². The van der Waals surface area contributed by atoms with E-state index < -0.39 is 0 Å². The first-order valence-electron chi connectivity index (χ1n) is 11.4. The third-order valence-corrected chi connectivity index (χ3v) is 6.42. The monoisotopic (exact) mass is 423 g/mol. The van der Waals surface area contributed by atoms with E-state index in [0.717, 1.165) is 74.8 Å². The number of rotatable bonds is 7. The number of piperidine rings is 1. The number of hydrogen-bond donors (Lipinski definition) is 2. The quantitative estimate of drug-likeness (QED) is 0.706. The molecule has 2 aromatic rings. The van der Waals surface area contributed by atoms with Crippen LogP contribution < -0.4 is 10.6 Å². The van der Waals surface area contributed by atoms with E-state index in [2.05, 4.69) is 34.4 Å². The Labute approximate surface area is 184 Å². The van der Waals surface area contributed by atoms with E-state index >= 15 is 0 Å². The summed E-state index contributed by atoms with van der Waals surface area (Å²) in [5.41, 5.74) is 2.63. The molecule has 7 heteroatoms. The first-order valence-corrected chi connectivity index (χ1v) is 11.4. The lowest BCUT2D eigenvalue weighted by atomic mass is 9.84. The Morgan fingerprint density at radius 1 is 1.26 bits per heavy atom. The first kappa shape index (κ1) is 21.8. The maximum Gasteiger partial charge on any atom is 0.145 e. The SMILES string of the molecule is CC1(C)CC[C@@H](C(=O)Cc2cc(-c3cncc(NCC4CCOCC4)n3)ccn2)CN1. The average molecular weight is 424 g/mol. The molecule has 0 radical (unpaired) electrons. The molecule has 4 heterocycles. The van der Waals surface area contributed by atoms with Gasteiger partial charge in [-0.1, -0.05) is 0 Å². The van der Waals surface area contributed by atoms with Crippen molar-refractivity contribution in [3.05, 3.63) is 36.4 Å². The molecule has 2 N–H and O–H groups in total. The van der Waals surface area contributed by atoms with E-state index in [1.165, 1.54) is 0 Å². The predicted molar refractivity (Wildman–Crippen MR) is 121 cm³/mol. The molecule has 0 saturated carbocycles. The zero-order valence-electron chi connectivity index (χ0n) is 18.6. The Morgan fingerprint density at radius 3 is 2.87 bits per heavy atom. The second kappa shape index (κ2) is 9.83. The largest absolute Gasteiger partial charge is 0.381 e. The Bertz CT molecular complexity index is 885. The second-order valence-corrected chi connectivity index (χ2v) is 9.41. The van der Waals surface area contributed by atoms with Gasteiger partial charge in [-0.05, 0) is 57.6 Å². The summed E-state index contributed by atoms with van der Waals surface area (Å²) in [6.45, 7) is 7.68. The van der Waals surface area contributed by atoms with Gasteiger partial charge in [0.1, 0.15) is 11.6 Å². The van der Waals surface area contributed by atoms with Crippen molar-refractivity contribution in [3.8, 4) is 11.3 Å². The van der Waals surface area contributed by atoms with Crippen LogP contribution in [0.4, 0.5) is 5.82 Å². The first-order chi connectivity index (χ1) is 15.0. The second-order valence-electron chi connectivity index (χ2n) is 9.41. The topological polar surface area (TPSA) is 89.0 Å². The normalized spacial score (nSPS) is 21.5. The van der Waals surface area contributed by atoms with Crippen LogP contribution in [0, 0.1) is 11.8 Å². The van der Waals surface area contributed by atoms with Crippen LogP contribution in [-0.4, -0.2) is 52.6 Å². The van der Waals surface area contributed by atoms with Gasteiger partial charge in [-0.15, -0.1) is 0 Å². The zero-order valence-corrected chi connectivity index (χ0v) is 18.6. The van der Waals surface area contributed by atoms with E-state index in [1.54, 1.807) is 18.6 Å². The molecule has 2 fully saturated rings. The van der Waals surface area contributed by atoms with E-state index in [0.29, 0.717) is 12.3 Å². The molecule has 4 rings (SSSR count). The van der Waals surface area contributed by atoms with Crippen molar-refractivity contribution in [1.82, 2.24) is 20.3 Å². The Balaban J connectivity index is 1.38. The molecule has 0 aromatic carbocycles. The lowest BCUT2D eigenvalue weighted by molar-refractivity contribution is -0.123. The minimum absolute atomic E-state index is 0.0657. The fourth-order valence-electron chi connectivity index (χ4n) is 4.25. The number of aromatic nitrogens is 3. The van der Waals surface area contributed by atoms with Gasteiger partial charge in [0, 0.05) is 61.6 Å². The Morgan fingerprint density at radius 2 is 2.10 bits per heavy atom. The van der Waals surface area contributed by atoms with E-state index in [1.807, 2.05) is 12.1 Å². The number of pyridine rings is 1. The van der Waals surface area contributed by atoms with Crippen LogP contribution in [0.3, 0.4) is 0 Å². The molecule has 166 valence electrons. The summed E-state index contributed by atoms with van der Waals surface area (Å²) in [5, 5.41) is 6.90. The number of anilines is 1. The van der Waals surface area contributed by atoms with Gasteiger partial charge in [0.25, 0.3) is 0 Å². The highest BCUT2D eigenvalue weighted by atomic mass is 16.5. The summed E-state index contributed by atoms with van der Waals surface area (Å²) in [4.78, 5) is 26.3. The highest BCUT2D eigenvalue weighted by molar-refractivity contribution is 5.83. The van der Waals surface area contributed by atoms with E-state index in [4.69, 9.17) is 9.72 Å². The number of hydrogen-bond acceptors (Lipinski definition) is 7. The van der Waals surface area contributed by atoms with Crippen molar-refractivity contribution < 1.29 is 9.53 Å². The lowest BCUT2D eigenvalue weighted by Crippen LogP contribution is -2.48. The average Bonchev–Trinajstić information content (AvgIpc) is 2.79. The van der Waals surface area contributed by atoms with Crippen molar-refractivity contribution in [2.24, 2.45) is 11.8 Å². The molecule has 2 saturated heterocycles. The van der Waals surface area contributed by atoms with Gasteiger partial charge in [0.2, 0.25) is 0 Å². The van der Waals surface area contributed by atoms with Crippen molar-refractivity contribution in [3.63, 3.8) is 0 Å². The molecular formula is C24H33N5O2. The van der Waals surface area contributed by atoms with Crippen molar-refractivity contribution in [2.45, 2.75) is 51.5 Å². The lowest BCUT2D eigenvalue weighted by Gasteiger charge is -2.35. The van der Waals surface area contributed by atoms with Gasteiger partial charge in [-0.25, -0.2) is 4.98 Å². The fourth-order valence-corrected chi connectivity index (χ4v) is 4.25. The standard InChI is InChI=1S/C24H33N5O2/c1-24(2)7-3-19(14-28-24)22(30)12-20-11-18(4-8-26-20)21-15-25-16-23(29-21)27-13-17-5-9-31-10-6-17/h4,8,11,15-17,19,28H,3,5-7,9-10,12-14H2,1-2H3,(H,27,29)/t19-/m1/s1. The summed E-state index contributed by atoms with van der Waals surface area (Å²) < 4.78 is 5.43. The van der Waals surface area contributed by atoms with Crippen LogP contribution in [0.2, 0.25) is 0 Å². The third-order valence-electron chi connectivity index (χ3n) is 6.42. The van der Waals surface area contributed by atoms with E-state index in [9.17, 15) is 4.79 Å². The number of nitrogens with one attached hydrogen (secondary N) is 2. The summed E-state index contributed by atoms with van der Waals surface area (Å²) in [6.07, 6.45) is 9.73. The highest BCUT2D eigenvalue weighted by Gasteiger charge is 2.30. The van der Waals surface area contributed by atoms with Crippen molar-refractivity contribution in [2.75, 3.05) is 31.6 Å². The van der Waals surface area contributed by atoms with Crippen LogP contribution in [0.25, 0.3) is 11.3 Å². The minimum atomic E-state index is 0.0657. The highest BCUT2D eigenvalue weighted by Crippen LogP contribution is 2.24. The third kappa shape index (κ3) is 6.08. The number of ether oxygens (including phenoxy) is 1. The minimum Gasteiger partial charge on any atom is -0.381 e. The number of carbonyl (C=O) groups excluding carboxylic acids is 1. The number of Topliss-reactive ketones (excluding diaryl/α,β-unsaturated/α-hetero) is 1. The van der Waals surface area contributed by atoms with Gasteiger partial charge < -0.3 is 15.4 Å². The molecule has 0 unspecified atom stereocenters. The van der Waals surface area contributed by atoms with Crippen molar-refractivity contribution in [1.29, 1.82) is 0 Å². The molecule has 0 spiro atoms. The molecule has 0 aliphatic carbocycles. The van der Waals surface area contributed by atoms with Crippen LogP contribution in [-0.2, 0) is 16.0 Å². The summed E-state index contributed by atoms with van der Waals surface area (Å²) in [6, 6.07) is 3.88. The molecule has 0 amide bonds. The molecule has 2 aliphatic heterocycles. The summed E-state index contributed by atoms with van der Waals surface area (Å²) in [7, 11) is 0. The predicted octanol–water partition coefficient (Wildman–Crippen LogP) is 3.27. The fraction of sp³-hybridized carbons (Fsp3) is 0.583. The van der Waals surface area contributed by atoms with Gasteiger partial charge >= 0.3 is 0 Å². The maximum absolute atomic E-state index is 12.8. The number of nitrogens with zero attached hydrogens (tertiary/aromatic N) is 3. The molecule has 2 aliphatic rings. The van der Waals surface area contributed by atoms with Gasteiger partial charge in [0.15, 0.2) is 0 Å². The number of ketones is 1. The van der Waals surface area contributed by atoms with Gasteiger partial charge in [-0.3, -0.25) is 14.8 Å². The Hall–Kier alpha value is -2.38. The van der Waals surface area contributed by atoms with Crippen LogP contribution >= 0.6 is 0 Å². The molecular weight excluding hydrogens is 390 g/mol. The molecule has 0 bridgehead atoms. The van der Waals surface area contributed by atoms with Crippen LogP contribution in [0.1, 0.15) is 45.2 Å². The molecule has 7 nitrogen and oxygen atoms in total. The van der Waals surface area contributed by atoms with Crippen molar-refractivity contribution >= 4 is 11.6 Å². The van der Waals surface area contributed by atoms with E-state index in [-0.39, 0.29) is 17.2 Å². The number of carbonyl (C=O) groups is 1. The maximum atomic E-state index is 12.8. The molecule has 31 heavy (non-hydrogen) atoms. The smallest absolute Gasteiger partial charge is 0.145 e. The summed E-state index contributed by atoms with van der Waals surface area (Å²) in [5.74, 6) is 1.70. The molecule has 1 atom stereocenters. The Kier molecular flexibility index (Phi) is 6.92. The zero-order chi connectivity index (χ0) is 21.7. The summed E-state index contributed by atoms with van der Waals surface area (Å²) >= 11 is 0.